The fourth-order valence-corrected chi connectivity index (χ4v) is 3.34. The van der Waals surface area contributed by atoms with Crippen LogP contribution < -0.4 is 0 Å². The Bertz CT molecular complexity index is 685. The number of aromatic nitrogens is 2. The van der Waals surface area contributed by atoms with Gasteiger partial charge in [-0.25, -0.2) is 4.98 Å². The van der Waals surface area contributed by atoms with E-state index in [1.165, 1.54) is 5.56 Å². The summed E-state index contributed by atoms with van der Waals surface area (Å²) in [5.41, 5.74) is 1.25. The molecule has 3 heterocycles. The number of hydrogen-bond donors (Lipinski definition) is 0. The summed E-state index contributed by atoms with van der Waals surface area (Å²) in [4.78, 5) is 24.7. The van der Waals surface area contributed by atoms with Crippen LogP contribution in [-0.2, 0) is 11.3 Å². The summed E-state index contributed by atoms with van der Waals surface area (Å²) in [6, 6.07) is 4.61. The lowest BCUT2D eigenvalue weighted by molar-refractivity contribution is -0.132. The van der Waals surface area contributed by atoms with Crippen molar-refractivity contribution < 1.29 is 9.21 Å². The van der Waals surface area contributed by atoms with Gasteiger partial charge in [0.25, 0.3) is 0 Å². The van der Waals surface area contributed by atoms with Crippen LogP contribution in [0.2, 0.25) is 0 Å². The Morgan fingerprint density at radius 1 is 1.46 bits per heavy atom. The van der Waals surface area contributed by atoms with Crippen LogP contribution in [0, 0.1) is 6.92 Å². The largest absolute Gasteiger partial charge is 0.444 e. The van der Waals surface area contributed by atoms with Crippen LogP contribution in [0.1, 0.15) is 43.5 Å². The monoisotopic (exact) mass is 328 g/mol. The highest BCUT2D eigenvalue weighted by atomic mass is 16.4. The van der Waals surface area contributed by atoms with Crippen LogP contribution in [0.3, 0.4) is 0 Å². The minimum atomic E-state index is 0.0641. The Kier molecular flexibility index (Phi) is 4.94. The summed E-state index contributed by atoms with van der Waals surface area (Å²) < 4.78 is 5.54. The third kappa shape index (κ3) is 3.64. The van der Waals surface area contributed by atoms with Crippen LogP contribution in [-0.4, -0.2) is 44.8 Å². The first-order valence-electron chi connectivity index (χ1n) is 8.37. The molecule has 1 amide bonds. The zero-order valence-corrected chi connectivity index (χ0v) is 14.5. The van der Waals surface area contributed by atoms with E-state index in [9.17, 15) is 4.79 Å². The van der Waals surface area contributed by atoms with Gasteiger partial charge in [-0.1, -0.05) is 0 Å². The first kappa shape index (κ1) is 16.6. The lowest BCUT2D eigenvalue weighted by Gasteiger charge is -2.29. The molecule has 1 fully saturated rings. The molecule has 2 aromatic rings. The number of hydrogen-bond acceptors (Lipinski definition) is 5. The van der Waals surface area contributed by atoms with E-state index in [1.54, 1.807) is 13.1 Å². The maximum Gasteiger partial charge on any atom is 0.220 e. The molecule has 0 saturated carbocycles. The van der Waals surface area contributed by atoms with Crippen LogP contribution in [0.25, 0.3) is 0 Å². The van der Waals surface area contributed by atoms with Gasteiger partial charge in [0.2, 0.25) is 11.8 Å². The van der Waals surface area contributed by atoms with Gasteiger partial charge < -0.3 is 9.32 Å². The number of pyridine rings is 1. The molecular weight excluding hydrogens is 304 g/mol. The molecule has 3 rings (SSSR count). The molecule has 2 unspecified atom stereocenters. The van der Waals surface area contributed by atoms with Crippen molar-refractivity contribution in [2.45, 2.75) is 45.8 Å². The van der Waals surface area contributed by atoms with E-state index < -0.39 is 0 Å². The first-order chi connectivity index (χ1) is 11.5. The van der Waals surface area contributed by atoms with Crippen LogP contribution in [0.4, 0.5) is 0 Å². The smallest absolute Gasteiger partial charge is 0.220 e. The van der Waals surface area contributed by atoms with Crippen molar-refractivity contribution >= 4 is 5.91 Å². The molecule has 1 saturated heterocycles. The summed E-state index contributed by atoms with van der Waals surface area (Å²) in [6.07, 6.45) is 6.31. The van der Waals surface area contributed by atoms with Gasteiger partial charge in [0, 0.05) is 44.5 Å². The van der Waals surface area contributed by atoms with E-state index >= 15 is 0 Å². The van der Waals surface area contributed by atoms with Gasteiger partial charge in [0.1, 0.15) is 5.76 Å². The predicted molar refractivity (Wildman–Crippen MR) is 90.1 cm³/mol. The van der Waals surface area contributed by atoms with Gasteiger partial charge in [0.15, 0.2) is 0 Å². The fraction of sp³-hybridized carbons (Fsp3) is 0.500. The van der Waals surface area contributed by atoms with Gasteiger partial charge in [-0.2, -0.15) is 0 Å². The molecule has 2 atom stereocenters. The number of carbonyl (C=O) groups excluding carboxylic acids is 1. The quantitative estimate of drug-likeness (QED) is 0.844. The maximum absolute atomic E-state index is 12.1. The third-order valence-electron chi connectivity index (χ3n) is 4.75. The van der Waals surface area contributed by atoms with E-state index in [0.29, 0.717) is 18.5 Å². The second-order valence-corrected chi connectivity index (χ2v) is 6.41. The Balaban J connectivity index is 1.67. The molecule has 0 bridgehead atoms. The highest BCUT2D eigenvalue weighted by Gasteiger charge is 2.32. The molecule has 0 spiro atoms. The predicted octanol–water partition coefficient (Wildman–Crippen LogP) is 2.56. The van der Waals surface area contributed by atoms with E-state index in [1.807, 2.05) is 24.2 Å². The van der Waals surface area contributed by atoms with Crippen molar-refractivity contribution in [3.8, 4) is 0 Å². The molecule has 24 heavy (non-hydrogen) atoms. The number of likely N-dealkylation sites (tertiary alicyclic amines) is 1. The maximum atomic E-state index is 12.1. The molecule has 0 aliphatic carbocycles. The summed E-state index contributed by atoms with van der Waals surface area (Å²) in [5, 5.41) is 0. The van der Waals surface area contributed by atoms with E-state index in [-0.39, 0.29) is 11.9 Å². The summed E-state index contributed by atoms with van der Waals surface area (Å²) in [6.45, 7) is 7.96. The summed E-state index contributed by atoms with van der Waals surface area (Å²) in [5.74, 6) is 1.44. The summed E-state index contributed by atoms with van der Waals surface area (Å²) in [7, 11) is 0. The second-order valence-electron chi connectivity index (χ2n) is 6.41. The summed E-state index contributed by atoms with van der Waals surface area (Å²) >= 11 is 0. The minimum absolute atomic E-state index is 0.0641. The van der Waals surface area contributed by atoms with Gasteiger partial charge in [0.05, 0.1) is 12.7 Å². The van der Waals surface area contributed by atoms with E-state index in [4.69, 9.17) is 4.42 Å². The number of oxazole rings is 1. The van der Waals surface area contributed by atoms with Crippen molar-refractivity contribution in [2.24, 2.45) is 0 Å². The van der Waals surface area contributed by atoms with Crippen LogP contribution in [0.5, 0.6) is 0 Å². The van der Waals surface area contributed by atoms with Crippen LogP contribution in [0.15, 0.2) is 35.1 Å². The number of nitrogens with zero attached hydrogens (tertiary/aromatic N) is 4. The number of aryl methyl sites for hydroxylation is 1. The number of carbonyl (C=O) groups is 1. The van der Waals surface area contributed by atoms with Gasteiger partial charge in [-0.05, 0) is 38.0 Å². The van der Waals surface area contributed by atoms with Crippen molar-refractivity contribution in [3.05, 3.63) is 47.9 Å². The molecule has 2 aromatic heterocycles. The highest BCUT2D eigenvalue weighted by molar-refractivity contribution is 5.73. The Hall–Kier alpha value is -2.21. The molecule has 128 valence electrons. The second kappa shape index (κ2) is 7.13. The molecular formula is C18H24N4O2. The Labute approximate surface area is 142 Å². The van der Waals surface area contributed by atoms with E-state index in [0.717, 1.165) is 25.3 Å². The van der Waals surface area contributed by atoms with Crippen molar-refractivity contribution in [1.82, 2.24) is 19.8 Å². The van der Waals surface area contributed by atoms with Crippen molar-refractivity contribution in [2.75, 3.05) is 13.1 Å². The lowest BCUT2D eigenvalue weighted by Crippen LogP contribution is -2.40. The molecule has 0 radical (unpaired) electrons. The molecule has 0 N–H and O–H groups in total. The van der Waals surface area contributed by atoms with Gasteiger partial charge in [-0.15, -0.1) is 0 Å². The van der Waals surface area contributed by atoms with E-state index in [2.05, 4.69) is 33.9 Å². The first-order valence-corrected chi connectivity index (χ1v) is 8.37. The zero-order valence-electron chi connectivity index (χ0n) is 14.5. The average molecular weight is 328 g/mol. The molecule has 1 aliphatic rings. The Morgan fingerprint density at radius 2 is 2.21 bits per heavy atom. The van der Waals surface area contributed by atoms with Crippen LogP contribution >= 0.6 is 0 Å². The molecule has 1 aliphatic heterocycles. The standard InChI is InChI=1S/C18H24N4O2/c1-13-10-20-18(24-13)12-22(15(3)23)17-6-9-21(11-17)14(2)16-4-7-19-8-5-16/h4-5,7-8,10,14,17H,6,9,11-12H2,1-3H3. The molecule has 0 aromatic carbocycles. The van der Waals surface area contributed by atoms with Crippen molar-refractivity contribution in [1.29, 1.82) is 0 Å². The highest BCUT2D eigenvalue weighted by Crippen LogP contribution is 2.27. The van der Waals surface area contributed by atoms with Gasteiger partial charge >= 0.3 is 0 Å². The lowest BCUT2D eigenvalue weighted by atomic mass is 10.1. The number of amides is 1. The number of rotatable bonds is 5. The van der Waals surface area contributed by atoms with Crippen molar-refractivity contribution in [3.63, 3.8) is 0 Å². The zero-order chi connectivity index (χ0) is 17.1. The topological polar surface area (TPSA) is 62.5 Å². The SMILES string of the molecule is CC(=O)N(Cc1ncc(C)o1)C1CCN(C(C)c2ccncc2)C1. The molecule has 6 nitrogen and oxygen atoms in total. The normalized spacial score (nSPS) is 19.4. The Morgan fingerprint density at radius 3 is 2.83 bits per heavy atom. The third-order valence-corrected chi connectivity index (χ3v) is 4.75. The average Bonchev–Trinajstić information content (AvgIpc) is 3.21. The minimum Gasteiger partial charge on any atom is -0.444 e. The van der Waals surface area contributed by atoms with Gasteiger partial charge in [-0.3, -0.25) is 14.7 Å². The fourth-order valence-electron chi connectivity index (χ4n) is 3.34. The molecule has 6 heteroatoms.